The van der Waals surface area contributed by atoms with E-state index in [9.17, 15) is 63.3 Å². The standard InChI is InChI=1S/C98H174N16O15S/c1-5-9-13-16-19-22-25-28-31-34-37-40-43-58-84(116)105-83(74-130-73-77(129-86(118)60-45-42-39-36-33-30-27-24-21-18-15-11-7-3)72-128-85(117)59-44-41-38-35-32-29-26-23-20-17-14-10-6-2)95(124)110-82(71-115)94(123)108-79(55-47-51-66-100)92(121)106-78(54-46-50-65-99)91(120)107-80(93(122)109-81(96(125)126)57-48-52-67-101)56-49-53-69-103-90(119)76-63-61-75(62-64-76)70-114-89-87(111-98(114)127)88(102)112-97(113-89)104-68-12-8-4/h61-64,77-83,115H,5-60,65-74,99-101H2,1-4H3,(H,103,119)(H,105,116)(H,106,121)(H,107,120)(H,108,123)(H,109,122)(H,110,124)(H,111,127)(H,125,126)(H3,102,104,112,113)/t77?,78-,79-,80-,81-,82-,83-/m0/s1. The summed E-state index contributed by atoms with van der Waals surface area (Å²) in [4.78, 5) is 153. The number of carbonyl (C=O) groups excluding carboxylic acids is 9. The van der Waals surface area contributed by atoms with Crippen LogP contribution < -0.4 is 65.5 Å². The number of nitrogen functional groups attached to an aromatic ring is 1. The number of hydrogen-bond acceptors (Lipinski definition) is 23. The van der Waals surface area contributed by atoms with E-state index in [0.717, 1.165) is 83.5 Å². The van der Waals surface area contributed by atoms with Crippen molar-refractivity contribution in [3.05, 3.63) is 35.4 Å². The Labute approximate surface area is 782 Å². The Morgan fingerprint density at radius 3 is 1.23 bits per heavy atom. The van der Waals surface area contributed by atoms with Crippen LogP contribution in [0.15, 0.2) is 24.3 Å². The highest BCUT2D eigenvalue weighted by Crippen LogP contribution is 2.27. The van der Waals surface area contributed by atoms with E-state index in [1.807, 2.05) is 0 Å². The van der Waals surface area contributed by atoms with Crippen molar-refractivity contribution in [1.29, 1.82) is 0 Å². The van der Waals surface area contributed by atoms with Gasteiger partial charge in [-0.2, -0.15) is 26.7 Å². The number of benzene rings is 1. The van der Waals surface area contributed by atoms with Crippen molar-refractivity contribution in [2.24, 2.45) is 17.2 Å². The van der Waals surface area contributed by atoms with Gasteiger partial charge in [-0.05, 0) is 140 Å². The van der Waals surface area contributed by atoms with E-state index in [0.29, 0.717) is 100 Å². The van der Waals surface area contributed by atoms with Crippen molar-refractivity contribution in [1.82, 2.24) is 56.7 Å². The van der Waals surface area contributed by atoms with Crippen LogP contribution in [0.3, 0.4) is 0 Å². The van der Waals surface area contributed by atoms with Crippen LogP contribution in [-0.2, 0) is 59.2 Å². The largest absolute Gasteiger partial charge is 0.480 e. The first-order chi connectivity index (χ1) is 63.2. The number of hydrogen-bond donors (Lipinski definition) is 15. The number of aliphatic carboxylic acids is 1. The predicted molar refractivity (Wildman–Crippen MR) is 521 cm³/mol. The second-order valence-electron chi connectivity index (χ2n) is 35.4. The molecule has 1 aromatic carbocycles. The van der Waals surface area contributed by atoms with Gasteiger partial charge < -0.3 is 90.3 Å². The van der Waals surface area contributed by atoms with E-state index >= 15 is 0 Å². The molecule has 32 heteroatoms. The average molecular weight is 1850 g/mol. The van der Waals surface area contributed by atoms with Crippen molar-refractivity contribution in [3.8, 4) is 6.01 Å². The van der Waals surface area contributed by atoms with E-state index < -0.39 is 108 Å². The number of carbonyl (C=O) groups is 10. The minimum atomic E-state index is -1.68. The van der Waals surface area contributed by atoms with Gasteiger partial charge in [-0.1, -0.05) is 277 Å². The molecule has 19 N–H and O–H groups in total. The third-order valence-electron chi connectivity index (χ3n) is 23.8. The van der Waals surface area contributed by atoms with Gasteiger partial charge in [0.25, 0.3) is 11.9 Å². The van der Waals surface area contributed by atoms with Gasteiger partial charge in [0.1, 0.15) is 49.0 Å². The summed E-state index contributed by atoms with van der Waals surface area (Å²) in [6.45, 7) is 9.25. The number of fused-ring (bicyclic) bond motifs is 1. The van der Waals surface area contributed by atoms with Gasteiger partial charge in [0.15, 0.2) is 17.0 Å². The van der Waals surface area contributed by atoms with Crippen LogP contribution in [0.1, 0.15) is 403 Å². The number of aromatic nitrogens is 4. The van der Waals surface area contributed by atoms with Crippen molar-refractivity contribution in [2.75, 3.05) is 68.5 Å². The third kappa shape index (κ3) is 54.9. The van der Waals surface area contributed by atoms with Crippen molar-refractivity contribution >= 4 is 94.0 Å². The molecule has 31 nitrogen and oxygen atoms in total. The lowest BCUT2D eigenvalue weighted by Gasteiger charge is -2.27. The monoisotopic (exact) mass is 1850 g/mol. The molecule has 0 saturated heterocycles. The fourth-order valence-electron chi connectivity index (χ4n) is 15.7. The van der Waals surface area contributed by atoms with E-state index in [-0.39, 0.29) is 113 Å². The summed E-state index contributed by atoms with van der Waals surface area (Å²) in [5.74, 6) is -6.80. The quantitative estimate of drug-likeness (QED) is 0.0184. The van der Waals surface area contributed by atoms with Crippen molar-refractivity contribution in [2.45, 2.75) is 436 Å². The molecule has 2 heterocycles. The molecule has 0 radical (unpaired) electrons. The molecule has 3 aromatic rings. The fourth-order valence-corrected chi connectivity index (χ4v) is 16.7. The van der Waals surface area contributed by atoms with Crippen LogP contribution in [0, 0.1) is 0 Å². The number of esters is 2. The van der Waals surface area contributed by atoms with Crippen LogP contribution >= 0.6 is 11.8 Å². The number of nitrogens with two attached hydrogens (primary N) is 4. The van der Waals surface area contributed by atoms with Crippen molar-refractivity contribution in [3.63, 3.8) is 0 Å². The van der Waals surface area contributed by atoms with Gasteiger partial charge in [-0.15, -0.1) is 0 Å². The normalized spacial score (nSPS) is 13.0. The highest BCUT2D eigenvalue weighted by molar-refractivity contribution is 7.99. The number of aliphatic hydroxyl groups is 1. The smallest absolute Gasteiger partial charge is 0.326 e. The number of nitrogens with zero attached hydrogens (tertiary/aromatic N) is 4. The van der Waals surface area contributed by atoms with E-state index in [2.05, 4.69) is 85.2 Å². The first-order valence-corrected chi connectivity index (χ1v) is 51.8. The number of nitrogens with one attached hydrogen (secondary N) is 8. The van der Waals surface area contributed by atoms with Crippen LogP contribution in [0.4, 0.5) is 11.8 Å². The van der Waals surface area contributed by atoms with Crippen LogP contribution in [0.2, 0.25) is 0 Å². The van der Waals surface area contributed by atoms with E-state index in [1.54, 1.807) is 24.3 Å². The lowest BCUT2D eigenvalue weighted by atomic mass is 10.0. The molecule has 0 aliphatic rings. The molecular formula is C98H174N16O15S. The number of carboxylic acids is 1. The zero-order valence-electron chi connectivity index (χ0n) is 80.3. The zero-order valence-corrected chi connectivity index (χ0v) is 81.1. The molecule has 2 aromatic heterocycles. The molecule has 0 bridgehead atoms. The molecule has 0 spiro atoms. The zero-order chi connectivity index (χ0) is 94.8. The van der Waals surface area contributed by atoms with E-state index in [4.69, 9.17) is 32.4 Å². The summed E-state index contributed by atoms with van der Waals surface area (Å²) >= 11 is 1.19. The van der Waals surface area contributed by atoms with Gasteiger partial charge >= 0.3 is 17.9 Å². The Morgan fingerprint density at radius 1 is 0.415 bits per heavy atom. The number of ether oxygens (including phenoxy) is 2. The molecule has 0 saturated carbocycles. The Bertz CT molecular complexity index is 3540. The second kappa shape index (κ2) is 76.5. The van der Waals surface area contributed by atoms with Gasteiger partial charge in [-0.3, -0.25) is 47.7 Å². The maximum absolute atomic E-state index is 14.8. The second-order valence-corrected chi connectivity index (χ2v) is 36.5. The van der Waals surface area contributed by atoms with Gasteiger partial charge in [0, 0.05) is 49.4 Å². The Hall–Kier alpha value is -7.94. The number of aliphatic hydroxyl groups excluding tert-OH is 1. The molecule has 3 rings (SSSR count). The molecule has 1 unspecified atom stereocenters. The number of thioether (sulfide) groups is 1. The molecule has 7 atom stereocenters. The molecule has 0 aliphatic heterocycles. The molecule has 0 fully saturated rings. The number of amides is 7. The Kier molecular flexibility index (Phi) is 68.4. The minimum Gasteiger partial charge on any atom is -0.480 e. The van der Waals surface area contributed by atoms with Gasteiger partial charge in [0.05, 0.1) is 13.2 Å². The highest BCUT2D eigenvalue weighted by Gasteiger charge is 2.34. The number of rotatable bonds is 86. The topological polar surface area (TPSA) is 494 Å². The number of anilines is 2. The summed E-state index contributed by atoms with van der Waals surface area (Å²) in [7, 11) is 0. The number of imidazole rings is 1. The molecule has 130 heavy (non-hydrogen) atoms. The summed E-state index contributed by atoms with van der Waals surface area (Å²) in [5.41, 5.74) is 25.4. The average Bonchev–Trinajstić information content (AvgIpc) is 1.63. The Balaban J connectivity index is 1.84. The lowest BCUT2D eigenvalue weighted by Crippen LogP contribution is -2.60. The van der Waals surface area contributed by atoms with Crippen molar-refractivity contribution < 1.29 is 72.7 Å². The third-order valence-corrected chi connectivity index (χ3v) is 25.0. The van der Waals surface area contributed by atoms with Gasteiger partial charge in [0.2, 0.25) is 41.4 Å². The minimum absolute atomic E-state index is 0.00827. The van der Waals surface area contributed by atoms with Crippen LogP contribution in [0.25, 0.3) is 11.2 Å². The maximum atomic E-state index is 14.8. The number of carboxylic acid groups (broad SMARTS) is 1. The predicted octanol–water partition coefficient (Wildman–Crippen LogP) is 15.3. The molecule has 0 aliphatic carbocycles. The molecule has 7 amide bonds. The molecule has 742 valence electrons. The SMILES string of the molecule is CCCCCCCCCCCCCCCC(=O)N[C@@H](CSCC(COC(=O)CCCCCCCCCCCCCCC)OC(=O)CCCCCCCCCCCCCCC)C(=O)N[C@@H](CO)C(=O)N[C@@H](CCCCN)C(=O)N[C@@H](CCCCN)C(=O)N[C@@H](CCCCNC(=O)c1ccc(Cn2c(O)nc3c(N)nc(NCCCC)nc32)cc1)C(=O)N[C@@H](CCCCN)C(=O)O. The summed E-state index contributed by atoms with van der Waals surface area (Å²) < 4.78 is 13.3. The number of unbranched alkanes of at least 4 members (excludes halogenated alkanes) is 41. The first-order valence-electron chi connectivity index (χ1n) is 50.7. The van der Waals surface area contributed by atoms with Gasteiger partial charge in [-0.25, -0.2) is 4.79 Å². The first kappa shape index (κ1) is 116. The summed E-state index contributed by atoms with van der Waals surface area (Å²) in [6.07, 6.45) is 48.8. The highest BCUT2D eigenvalue weighted by atomic mass is 32.2. The van der Waals surface area contributed by atoms with Crippen LogP contribution in [-0.4, -0.2) is 194 Å². The molecular weight excluding hydrogens is 1670 g/mol. The Morgan fingerprint density at radius 2 is 0.800 bits per heavy atom. The maximum Gasteiger partial charge on any atom is 0.326 e. The number of aromatic hydroxyl groups is 1. The lowest BCUT2D eigenvalue weighted by molar-refractivity contribution is -0.157. The van der Waals surface area contributed by atoms with E-state index in [1.165, 1.54) is 177 Å². The summed E-state index contributed by atoms with van der Waals surface area (Å²) in [5, 5.41) is 54.3. The van der Waals surface area contributed by atoms with Crippen LogP contribution in [0.5, 0.6) is 6.01 Å². The summed E-state index contributed by atoms with van der Waals surface area (Å²) in [6, 6.07) is -2.00. The fraction of sp³-hybridized carbons (Fsp3) is 0.786.